The first-order chi connectivity index (χ1) is 36.0. The normalized spacial score (nSPS) is 13.9. The maximum atomic E-state index is 6.56. The fraction of sp³-hybridized carbons (Fsp3) is 0.207. The minimum atomic E-state index is 0.436. The molecule has 0 unspecified atom stereocenters. The van der Waals surface area contributed by atoms with Gasteiger partial charge >= 0.3 is 0 Å². The van der Waals surface area contributed by atoms with Gasteiger partial charge in [0.25, 0.3) is 0 Å². The Kier molecular flexibility index (Phi) is 17.2. The summed E-state index contributed by atoms with van der Waals surface area (Å²) in [4.78, 5) is 22.3. The number of aryl methyl sites for hydroxylation is 4. The zero-order chi connectivity index (χ0) is 53.7. The Labute approximate surface area is 463 Å². The molecule has 12 nitrogen and oxygen atoms in total. The number of halogens is 3. The van der Waals surface area contributed by atoms with Crippen molar-refractivity contribution in [1.29, 1.82) is 0 Å². The zero-order valence-corrected chi connectivity index (χ0v) is 47.4. The number of aliphatic imine (C=N–C) groups is 4. The van der Waals surface area contributed by atoms with Crippen LogP contribution in [-0.2, 0) is 0 Å². The van der Waals surface area contributed by atoms with Crippen LogP contribution in [-0.4, -0.2) is 90.5 Å². The van der Waals surface area contributed by atoms with E-state index in [2.05, 4.69) is 55.8 Å². The van der Waals surface area contributed by atoms with Crippen molar-refractivity contribution in [2.24, 2.45) is 20.0 Å². The van der Waals surface area contributed by atoms with Crippen LogP contribution in [0.5, 0.6) is 17.2 Å². The molecular formula is C58H56Cl3N9O3S2. The second-order valence-electron chi connectivity index (χ2n) is 17.8. The van der Waals surface area contributed by atoms with Gasteiger partial charge in [-0.05, 0) is 94.0 Å². The second kappa shape index (κ2) is 23.7. The molecule has 6 aromatic carbocycles. The van der Waals surface area contributed by atoms with Crippen molar-refractivity contribution in [2.75, 3.05) is 58.9 Å². The summed E-state index contributed by atoms with van der Waals surface area (Å²) in [7, 11) is 9.02. The van der Waals surface area contributed by atoms with Gasteiger partial charge in [-0.15, -0.1) is 11.8 Å². The van der Waals surface area contributed by atoms with Crippen LogP contribution in [0.1, 0.15) is 62.7 Å². The number of H-pyrrole nitrogens is 1. The zero-order valence-electron chi connectivity index (χ0n) is 43.5. The van der Waals surface area contributed by atoms with E-state index in [1.165, 1.54) is 0 Å². The number of nitrogens with zero attached hydrogens (tertiary/aromatic N) is 6. The summed E-state index contributed by atoms with van der Waals surface area (Å²) in [5.41, 5.74) is 17.3. The third kappa shape index (κ3) is 11.7. The average molecular weight is 1100 g/mol. The number of benzene rings is 6. The molecule has 0 aliphatic carbocycles. The third-order valence-corrected chi connectivity index (χ3v) is 14.5. The second-order valence-corrected chi connectivity index (χ2v) is 20.3. The summed E-state index contributed by atoms with van der Waals surface area (Å²) in [6.45, 7) is 10.5. The van der Waals surface area contributed by atoms with Crippen LogP contribution in [0, 0.1) is 27.7 Å². The summed E-state index contributed by atoms with van der Waals surface area (Å²) in [6, 6.07) is 35.3. The highest BCUT2D eigenvalue weighted by atomic mass is 35.5. The number of thioether (sulfide) groups is 1. The molecule has 0 amide bonds. The molecule has 0 radical (unpaired) electrons. The van der Waals surface area contributed by atoms with E-state index in [9.17, 15) is 0 Å². The van der Waals surface area contributed by atoms with Crippen molar-refractivity contribution in [3.63, 3.8) is 0 Å². The average Bonchev–Trinajstić information content (AvgIpc) is 3.50. The van der Waals surface area contributed by atoms with Crippen LogP contribution < -0.4 is 24.8 Å². The standard InChI is InChI=1S/C22H24ClN3OS.C19H17ClN4O.C17H15ClN2OS/c1-13-11-16-18(12-19(13)27-5)24-22(28-6)20(14(2)26(3)4)25-21(16)15-9-7-8-10-17(15)23;1-10-8-13-15(9-16(10)25-3)21-19-17(11(2)23-24-19)22-18(13)12-6-4-5-7-14(12)20;1-10-7-12-14(8-15(10)21-2)20-16(22)9-19-17(12)11-5-3-4-6-13(11)18/h7-12H,1-6H3;4-9H,1-3H3,(H2,21,23,24);3-8H,9H2,1-2H3,(H,20,22). The maximum Gasteiger partial charge on any atom is 0.178 e. The first-order valence-electron chi connectivity index (χ1n) is 23.7. The highest BCUT2D eigenvalue weighted by Gasteiger charge is 2.26. The molecule has 0 fully saturated rings. The lowest BCUT2D eigenvalue weighted by atomic mass is 9.98. The quantitative estimate of drug-likeness (QED) is 0.133. The largest absolute Gasteiger partial charge is 0.496 e. The van der Waals surface area contributed by atoms with Crippen molar-refractivity contribution < 1.29 is 14.2 Å². The molecule has 0 saturated heterocycles. The summed E-state index contributed by atoms with van der Waals surface area (Å²) in [5.74, 6) is 3.11. The van der Waals surface area contributed by atoms with Gasteiger partial charge in [-0.1, -0.05) is 102 Å². The van der Waals surface area contributed by atoms with Gasteiger partial charge in [0.05, 0.1) is 67.8 Å². The Balaban J connectivity index is 0.000000150. The van der Waals surface area contributed by atoms with E-state index in [0.717, 1.165) is 129 Å². The van der Waals surface area contributed by atoms with E-state index in [1.54, 1.807) is 33.1 Å². The number of fused-ring (bicyclic) bond motifs is 4. The first-order valence-corrected chi connectivity index (χ1v) is 26.5. The third-order valence-electron chi connectivity index (χ3n) is 12.6. The summed E-state index contributed by atoms with van der Waals surface area (Å²) < 4.78 is 16.4. The number of rotatable bonds is 7. The lowest BCUT2D eigenvalue weighted by Crippen LogP contribution is -2.14. The molecule has 0 bridgehead atoms. The number of anilines is 3. The fourth-order valence-corrected chi connectivity index (χ4v) is 9.97. The Morgan fingerprint density at radius 1 is 0.600 bits per heavy atom. The van der Waals surface area contributed by atoms with Crippen LogP contribution in [0.4, 0.5) is 28.6 Å². The first kappa shape index (κ1) is 54.3. The smallest absolute Gasteiger partial charge is 0.178 e. The van der Waals surface area contributed by atoms with Gasteiger partial charge in [0, 0.05) is 86.4 Å². The van der Waals surface area contributed by atoms with E-state index in [4.69, 9.17) is 76.2 Å². The maximum absolute atomic E-state index is 6.56. The van der Waals surface area contributed by atoms with Crippen LogP contribution >= 0.6 is 58.8 Å². The SMILES string of the molecule is COc1cc2c(cc1C)C(c1ccccc1Cl)=NC(=C(C)N(C)C)C(SC)=N2.COc1cc2c(cc1C)C(c1ccccc1Cl)=NCC(=S)N2.COc1cc2c(cc1C)C(c1ccccc1Cl)=Nc1c(n[nH]c1C)N2. The number of nitrogens with one attached hydrogen (secondary N) is 3. The van der Waals surface area contributed by atoms with E-state index in [-0.39, 0.29) is 0 Å². The van der Waals surface area contributed by atoms with Gasteiger partial charge < -0.3 is 29.7 Å². The van der Waals surface area contributed by atoms with Crippen molar-refractivity contribution in [3.05, 3.63) is 191 Å². The molecule has 3 aliphatic rings. The number of aromatic amines is 1. The number of allylic oxidation sites excluding steroid dienone is 1. The number of benzodiazepines with no additional fused rings is 1. The predicted octanol–water partition coefficient (Wildman–Crippen LogP) is 14.9. The van der Waals surface area contributed by atoms with Crippen LogP contribution in [0.15, 0.2) is 141 Å². The Morgan fingerprint density at radius 2 is 1.07 bits per heavy atom. The summed E-state index contributed by atoms with van der Waals surface area (Å²) in [6.07, 6.45) is 2.02. The molecule has 3 N–H and O–H groups in total. The number of thiocarbonyl (C=S) groups is 1. The van der Waals surface area contributed by atoms with Gasteiger partial charge in [-0.2, -0.15) is 5.10 Å². The molecule has 75 heavy (non-hydrogen) atoms. The minimum Gasteiger partial charge on any atom is -0.496 e. The highest BCUT2D eigenvalue weighted by molar-refractivity contribution is 8.13. The number of hydrogen-bond acceptors (Lipinski definition) is 12. The van der Waals surface area contributed by atoms with Gasteiger partial charge in [-0.25, -0.2) is 15.0 Å². The van der Waals surface area contributed by atoms with Crippen molar-refractivity contribution >= 4 is 115 Å². The monoisotopic (exact) mass is 1100 g/mol. The number of ether oxygens (including phenoxy) is 3. The molecule has 1 aromatic heterocycles. The molecule has 0 atom stereocenters. The number of aromatic nitrogens is 2. The molecular weight excluding hydrogens is 1040 g/mol. The van der Waals surface area contributed by atoms with Crippen LogP contribution in [0.25, 0.3) is 0 Å². The lowest BCUT2D eigenvalue weighted by molar-refractivity contribution is 0.412. The van der Waals surface area contributed by atoms with Crippen LogP contribution in [0.3, 0.4) is 0 Å². The molecule has 3 aliphatic heterocycles. The topological polar surface area (TPSA) is 133 Å². The van der Waals surface area contributed by atoms with E-state index >= 15 is 0 Å². The lowest BCUT2D eigenvalue weighted by Gasteiger charge is -2.17. The Bertz CT molecular complexity index is 3530. The minimum absolute atomic E-state index is 0.436. The van der Waals surface area contributed by atoms with Gasteiger partial charge in [0.1, 0.15) is 38.7 Å². The summed E-state index contributed by atoms with van der Waals surface area (Å²) in [5, 5.41) is 16.8. The predicted molar refractivity (Wildman–Crippen MR) is 319 cm³/mol. The molecule has 7 aromatic rings. The summed E-state index contributed by atoms with van der Waals surface area (Å²) >= 11 is 26.3. The molecule has 0 saturated carbocycles. The van der Waals surface area contributed by atoms with Crippen LogP contribution in [0.2, 0.25) is 15.1 Å². The van der Waals surface area contributed by atoms with E-state index < -0.39 is 0 Å². The number of methoxy groups -OCH3 is 3. The molecule has 17 heteroatoms. The molecule has 0 spiro atoms. The van der Waals surface area contributed by atoms with Gasteiger partial charge in [0.15, 0.2) is 5.82 Å². The Hall–Kier alpha value is -6.94. The van der Waals surface area contributed by atoms with E-state index in [0.29, 0.717) is 32.4 Å². The number of hydrogen-bond donors (Lipinski definition) is 3. The molecule has 4 heterocycles. The van der Waals surface area contributed by atoms with Gasteiger partial charge in [-0.3, -0.25) is 10.1 Å². The highest BCUT2D eigenvalue weighted by Crippen LogP contribution is 2.41. The van der Waals surface area contributed by atoms with E-state index in [1.807, 2.05) is 139 Å². The van der Waals surface area contributed by atoms with Crippen molar-refractivity contribution in [1.82, 2.24) is 15.1 Å². The fourth-order valence-electron chi connectivity index (χ4n) is 8.54. The van der Waals surface area contributed by atoms with Crippen molar-refractivity contribution in [3.8, 4) is 17.2 Å². The van der Waals surface area contributed by atoms with Crippen molar-refractivity contribution in [2.45, 2.75) is 34.6 Å². The molecule has 384 valence electrons. The van der Waals surface area contributed by atoms with Gasteiger partial charge in [0.2, 0.25) is 0 Å². The Morgan fingerprint density at radius 3 is 1.57 bits per heavy atom. The molecule has 10 rings (SSSR count).